The van der Waals surface area contributed by atoms with Gasteiger partial charge < -0.3 is 0 Å². The highest BCUT2D eigenvalue weighted by molar-refractivity contribution is 6.07. The van der Waals surface area contributed by atoms with Crippen LogP contribution >= 0.6 is 0 Å². The van der Waals surface area contributed by atoms with Crippen LogP contribution in [-0.2, 0) is 0 Å². The lowest BCUT2D eigenvalue weighted by Gasteiger charge is -2.12. The van der Waals surface area contributed by atoms with Crippen molar-refractivity contribution in [2.75, 3.05) is 0 Å². The molecule has 0 aliphatic heterocycles. The molecule has 48 heavy (non-hydrogen) atoms. The van der Waals surface area contributed by atoms with E-state index in [1.165, 1.54) is 54.9 Å². The minimum absolute atomic E-state index is 0.984. The Kier molecular flexibility index (Phi) is 6.62. The molecule has 0 bridgehead atoms. The molecule has 2 heteroatoms. The summed E-state index contributed by atoms with van der Waals surface area (Å²) in [4.78, 5) is 10.3. The molecule has 0 saturated heterocycles. The van der Waals surface area contributed by atoms with E-state index in [9.17, 15) is 0 Å². The van der Waals surface area contributed by atoms with Crippen LogP contribution < -0.4 is 0 Å². The van der Waals surface area contributed by atoms with E-state index in [1.807, 2.05) is 0 Å². The molecule has 0 aliphatic carbocycles. The summed E-state index contributed by atoms with van der Waals surface area (Å²) in [6.45, 7) is 4.27. The van der Waals surface area contributed by atoms with Crippen LogP contribution in [0.25, 0.3) is 88.1 Å². The number of hydrogen-bond donors (Lipinski definition) is 0. The lowest BCUT2D eigenvalue weighted by molar-refractivity contribution is 1.40. The SMILES string of the molecule is Cc1ccc2ccc3ccc(-c4ccc(-c5ccccc5-c5ccc(-c6ccc7ccc8ccc(C)cc8c7n6)cc5)cc4)nc3c2c1. The molecular formula is C46H32N2. The standard InChI is InChI=1S/C46H32N2/c1-29-7-9-33-15-21-37-23-25-43(47-45(37)41(33)27-29)35-17-11-31(12-18-35)39-5-3-4-6-40(39)32-13-19-36(20-14-32)44-26-24-38-22-16-34-10-8-30(2)28-42(34)46(38)48-44/h3-28H,1-2H3. The van der Waals surface area contributed by atoms with E-state index in [-0.39, 0.29) is 0 Å². The van der Waals surface area contributed by atoms with Crippen molar-refractivity contribution in [3.8, 4) is 44.8 Å². The first-order valence-electron chi connectivity index (χ1n) is 16.5. The first-order valence-corrected chi connectivity index (χ1v) is 16.5. The molecule has 226 valence electrons. The van der Waals surface area contributed by atoms with Gasteiger partial charge in [-0.3, -0.25) is 0 Å². The molecule has 2 heterocycles. The van der Waals surface area contributed by atoms with E-state index in [4.69, 9.17) is 9.97 Å². The van der Waals surface area contributed by atoms with E-state index >= 15 is 0 Å². The van der Waals surface area contributed by atoms with Crippen LogP contribution in [0.4, 0.5) is 0 Å². The highest BCUT2D eigenvalue weighted by Gasteiger charge is 2.11. The molecule has 0 saturated carbocycles. The molecule has 0 unspecified atom stereocenters. The number of benzene rings is 7. The number of pyridine rings is 2. The van der Waals surface area contributed by atoms with Crippen molar-refractivity contribution in [1.82, 2.24) is 9.97 Å². The third-order valence-electron chi connectivity index (χ3n) is 9.58. The second-order valence-electron chi connectivity index (χ2n) is 12.8. The van der Waals surface area contributed by atoms with Gasteiger partial charge in [-0.1, -0.05) is 145 Å². The van der Waals surface area contributed by atoms with Crippen molar-refractivity contribution in [3.63, 3.8) is 0 Å². The fourth-order valence-electron chi connectivity index (χ4n) is 6.99. The van der Waals surface area contributed by atoms with Gasteiger partial charge in [0.15, 0.2) is 0 Å². The van der Waals surface area contributed by atoms with Gasteiger partial charge in [-0.15, -0.1) is 0 Å². The molecule has 7 aromatic carbocycles. The summed E-state index contributed by atoms with van der Waals surface area (Å²) >= 11 is 0. The topological polar surface area (TPSA) is 25.8 Å². The average Bonchev–Trinajstić information content (AvgIpc) is 3.14. The first-order chi connectivity index (χ1) is 23.6. The van der Waals surface area contributed by atoms with E-state index in [0.29, 0.717) is 0 Å². The minimum Gasteiger partial charge on any atom is -0.247 e. The Labute approximate surface area is 280 Å². The smallest absolute Gasteiger partial charge is 0.0787 e. The number of nitrogens with zero attached hydrogens (tertiary/aromatic N) is 2. The highest BCUT2D eigenvalue weighted by Crippen LogP contribution is 2.35. The van der Waals surface area contributed by atoms with Gasteiger partial charge in [0.1, 0.15) is 0 Å². The predicted molar refractivity (Wildman–Crippen MR) is 203 cm³/mol. The largest absolute Gasteiger partial charge is 0.247 e. The summed E-state index contributed by atoms with van der Waals surface area (Å²) in [5.74, 6) is 0. The number of aryl methyl sites for hydroxylation is 2. The maximum absolute atomic E-state index is 5.15. The summed E-state index contributed by atoms with van der Waals surface area (Å²) in [7, 11) is 0. The van der Waals surface area contributed by atoms with E-state index in [1.54, 1.807) is 0 Å². The van der Waals surface area contributed by atoms with Crippen LogP contribution in [-0.4, -0.2) is 9.97 Å². The van der Waals surface area contributed by atoms with Crippen molar-refractivity contribution in [2.24, 2.45) is 0 Å². The van der Waals surface area contributed by atoms with Gasteiger partial charge in [0.25, 0.3) is 0 Å². The third-order valence-corrected chi connectivity index (χ3v) is 9.58. The molecule has 0 spiro atoms. The van der Waals surface area contributed by atoms with Crippen molar-refractivity contribution >= 4 is 43.4 Å². The summed E-state index contributed by atoms with van der Waals surface area (Å²) in [6, 6.07) is 56.7. The molecular weight excluding hydrogens is 581 g/mol. The molecule has 9 rings (SSSR count). The van der Waals surface area contributed by atoms with Crippen LogP contribution in [0.15, 0.2) is 158 Å². The molecule has 0 amide bonds. The maximum atomic E-state index is 5.15. The Morgan fingerprint density at radius 1 is 0.333 bits per heavy atom. The fraction of sp³-hybridized carbons (Fsp3) is 0.0435. The van der Waals surface area contributed by atoms with Gasteiger partial charge >= 0.3 is 0 Å². The van der Waals surface area contributed by atoms with Gasteiger partial charge in [-0.05, 0) is 71.1 Å². The Morgan fingerprint density at radius 3 is 1.12 bits per heavy atom. The highest BCUT2D eigenvalue weighted by atomic mass is 14.7. The van der Waals surface area contributed by atoms with Crippen LogP contribution in [0.5, 0.6) is 0 Å². The monoisotopic (exact) mass is 612 g/mol. The summed E-state index contributed by atoms with van der Waals surface area (Å²) < 4.78 is 0. The Hall–Kier alpha value is -6.12. The lowest BCUT2D eigenvalue weighted by atomic mass is 9.93. The lowest BCUT2D eigenvalue weighted by Crippen LogP contribution is -1.89. The second kappa shape index (κ2) is 11.3. The molecule has 2 nitrogen and oxygen atoms in total. The van der Waals surface area contributed by atoms with Crippen LogP contribution in [0.3, 0.4) is 0 Å². The fourth-order valence-corrected chi connectivity index (χ4v) is 6.99. The zero-order valence-corrected chi connectivity index (χ0v) is 26.9. The molecule has 0 radical (unpaired) electrons. The third kappa shape index (κ3) is 4.90. The minimum atomic E-state index is 0.984. The van der Waals surface area contributed by atoms with Gasteiger partial charge in [-0.2, -0.15) is 0 Å². The van der Waals surface area contributed by atoms with Crippen LogP contribution in [0, 0.1) is 13.8 Å². The summed E-state index contributed by atoms with van der Waals surface area (Å²) in [5, 5.41) is 7.16. The Bertz CT molecular complexity index is 2480. The normalized spacial score (nSPS) is 11.5. The van der Waals surface area contributed by atoms with Gasteiger partial charge in [0, 0.05) is 32.7 Å². The molecule has 0 atom stereocenters. The quantitative estimate of drug-likeness (QED) is 0.185. The van der Waals surface area contributed by atoms with Crippen molar-refractivity contribution in [1.29, 1.82) is 0 Å². The van der Waals surface area contributed by atoms with Crippen molar-refractivity contribution < 1.29 is 0 Å². The predicted octanol–water partition coefficient (Wildman–Crippen LogP) is 12.4. The molecule has 2 aromatic heterocycles. The van der Waals surface area contributed by atoms with Gasteiger partial charge in [0.2, 0.25) is 0 Å². The molecule has 0 aliphatic rings. The number of rotatable bonds is 4. The zero-order valence-electron chi connectivity index (χ0n) is 26.9. The van der Waals surface area contributed by atoms with Crippen LogP contribution in [0.1, 0.15) is 11.1 Å². The number of aromatic nitrogens is 2. The first kappa shape index (κ1) is 28.1. The summed E-state index contributed by atoms with van der Waals surface area (Å²) in [6.07, 6.45) is 0. The zero-order chi connectivity index (χ0) is 32.2. The Morgan fingerprint density at radius 2 is 0.688 bits per heavy atom. The molecule has 0 fully saturated rings. The maximum Gasteiger partial charge on any atom is 0.0787 e. The Balaban J connectivity index is 1.04. The van der Waals surface area contributed by atoms with E-state index in [0.717, 1.165) is 44.3 Å². The van der Waals surface area contributed by atoms with Crippen LogP contribution in [0.2, 0.25) is 0 Å². The van der Waals surface area contributed by atoms with Gasteiger partial charge in [-0.25, -0.2) is 9.97 Å². The van der Waals surface area contributed by atoms with Crippen molar-refractivity contribution in [3.05, 3.63) is 169 Å². The number of hydrogen-bond acceptors (Lipinski definition) is 2. The van der Waals surface area contributed by atoms with E-state index in [2.05, 4.69) is 172 Å². The second-order valence-corrected chi connectivity index (χ2v) is 12.8. The average molecular weight is 613 g/mol. The van der Waals surface area contributed by atoms with Gasteiger partial charge in [0.05, 0.1) is 22.4 Å². The van der Waals surface area contributed by atoms with Crippen molar-refractivity contribution in [2.45, 2.75) is 13.8 Å². The molecule has 0 N–H and O–H groups in total. The summed E-state index contributed by atoms with van der Waals surface area (Å²) in [5.41, 5.74) is 13.5. The van der Waals surface area contributed by atoms with E-state index < -0.39 is 0 Å². The molecule has 9 aromatic rings. The number of fused-ring (bicyclic) bond motifs is 6.